The van der Waals surface area contributed by atoms with Gasteiger partial charge in [-0.2, -0.15) is 5.26 Å². The fourth-order valence-electron chi connectivity index (χ4n) is 1.62. The molecular formula is C14H6F4N2O. The fraction of sp³-hybridized carbons (Fsp3) is 0. The Balaban J connectivity index is 2.36. The Hall–Kier alpha value is -2.88. The quantitative estimate of drug-likeness (QED) is 0.682. The summed E-state index contributed by atoms with van der Waals surface area (Å²) in [5.74, 6) is -6.61. The Kier molecular flexibility index (Phi) is 3.89. The van der Waals surface area contributed by atoms with Gasteiger partial charge >= 0.3 is 0 Å². The van der Waals surface area contributed by atoms with Crippen LogP contribution in [0.25, 0.3) is 0 Å². The molecule has 0 atom stereocenters. The highest BCUT2D eigenvalue weighted by Gasteiger charge is 2.17. The number of hydrogen-bond donors (Lipinski definition) is 1. The second kappa shape index (κ2) is 5.63. The van der Waals surface area contributed by atoms with Crippen LogP contribution in [0.1, 0.15) is 15.9 Å². The molecule has 7 heteroatoms. The minimum Gasteiger partial charge on any atom is -0.321 e. The number of hydrogen-bond acceptors (Lipinski definition) is 2. The van der Waals surface area contributed by atoms with Crippen LogP contribution in [0.15, 0.2) is 30.3 Å². The van der Waals surface area contributed by atoms with Crippen molar-refractivity contribution in [1.82, 2.24) is 0 Å². The summed E-state index contributed by atoms with van der Waals surface area (Å²) in [7, 11) is 0. The molecule has 2 aromatic rings. The van der Waals surface area contributed by atoms with Crippen molar-refractivity contribution < 1.29 is 22.4 Å². The number of carbonyl (C=O) groups excluding carboxylic acids is 1. The normalized spacial score (nSPS) is 10.0. The van der Waals surface area contributed by atoms with E-state index in [-0.39, 0.29) is 5.69 Å². The molecule has 0 aliphatic rings. The number of amides is 1. The van der Waals surface area contributed by atoms with Crippen LogP contribution in [0.4, 0.5) is 23.2 Å². The lowest BCUT2D eigenvalue weighted by atomic mass is 10.1. The third-order valence-corrected chi connectivity index (χ3v) is 2.62. The number of nitrogens with one attached hydrogen (secondary N) is 1. The topological polar surface area (TPSA) is 52.9 Å². The first kappa shape index (κ1) is 14.5. The average molecular weight is 294 g/mol. The van der Waals surface area contributed by atoms with Crippen LogP contribution < -0.4 is 5.32 Å². The molecule has 0 aliphatic heterocycles. The van der Waals surface area contributed by atoms with E-state index >= 15 is 0 Å². The summed E-state index contributed by atoms with van der Waals surface area (Å²) in [5, 5.41) is 10.9. The molecule has 0 bridgehead atoms. The summed E-state index contributed by atoms with van der Waals surface area (Å²) in [4.78, 5) is 11.8. The van der Waals surface area contributed by atoms with E-state index in [9.17, 15) is 22.4 Å². The van der Waals surface area contributed by atoms with Gasteiger partial charge in [0.1, 0.15) is 17.4 Å². The monoisotopic (exact) mass is 294 g/mol. The molecule has 3 nitrogen and oxygen atoms in total. The molecule has 0 saturated carbocycles. The molecule has 0 heterocycles. The van der Waals surface area contributed by atoms with E-state index in [4.69, 9.17) is 5.26 Å². The molecule has 0 fully saturated rings. The highest BCUT2D eigenvalue weighted by atomic mass is 19.2. The Morgan fingerprint density at radius 3 is 2.24 bits per heavy atom. The number of halogens is 4. The number of rotatable bonds is 2. The van der Waals surface area contributed by atoms with Gasteiger partial charge < -0.3 is 5.32 Å². The van der Waals surface area contributed by atoms with E-state index < -0.39 is 40.3 Å². The van der Waals surface area contributed by atoms with E-state index in [2.05, 4.69) is 5.32 Å². The Morgan fingerprint density at radius 2 is 1.67 bits per heavy atom. The van der Waals surface area contributed by atoms with Crippen molar-refractivity contribution >= 4 is 11.6 Å². The lowest BCUT2D eigenvalue weighted by Crippen LogP contribution is -2.14. The first-order valence-electron chi connectivity index (χ1n) is 5.58. The van der Waals surface area contributed by atoms with Gasteiger partial charge in [-0.25, -0.2) is 17.6 Å². The van der Waals surface area contributed by atoms with E-state index in [1.54, 1.807) is 6.07 Å². The maximum atomic E-state index is 13.3. The highest BCUT2D eigenvalue weighted by molar-refractivity contribution is 6.04. The van der Waals surface area contributed by atoms with Crippen LogP contribution in [0.2, 0.25) is 0 Å². The lowest BCUT2D eigenvalue weighted by Gasteiger charge is -2.08. The molecular weight excluding hydrogens is 288 g/mol. The van der Waals surface area contributed by atoms with E-state index in [0.29, 0.717) is 12.1 Å². The minimum absolute atomic E-state index is 0.160. The summed E-state index contributed by atoms with van der Waals surface area (Å²) in [6.45, 7) is 0. The van der Waals surface area contributed by atoms with Gasteiger partial charge in [0.05, 0.1) is 5.69 Å². The lowest BCUT2D eigenvalue weighted by molar-refractivity contribution is 0.102. The summed E-state index contributed by atoms with van der Waals surface area (Å²) >= 11 is 0. The molecule has 106 valence electrons. The van der Waals surface area contributed by atoms with Crippen LogP contribution in [0, 0.1) is 34.6 Å². The number of nitrogens with zero attached hydrogens (tertiary/aromatic N) is 1. The minimum atomic E-state index is -1.70. The smallest absolute Gasteiger partial charge is 0.255 e. The van der Waals surface area contributed by atoms with Crippen LogP contribution in [-0.2, 0) is 0 Å². The molecule has 1 N–H and O–H groups in total. The molecule has 0 saturated heterocycles. The molecule has 2 aromatic carbocycles. The first-order chi connectivity index (χ1) is 9.93. The molecule has 21 heavy (non-hydrogen) atoms. The summed E-state index contributed by atoms with van der Waals surface area (Å²) in [6.07, 6.45) is 0. The Labute approximate surface area is 116 Å². The molecule has 0 radical (unpaired) electrons. The van der Waals surface area contributed by atoms with Crippen molar-refractivity contribution in [2.75, 3.05) is 5.32 Å². The molecule has 0 spiro atoms. The van der Waals surface area contributed by atoms with Crippen molar-refractivity contribution in [2.24, 2.45) is 0 Å². The van der Waals surface area contributed by atoms with E-state index in [0.717, 1.165) is 6.07 Å². The van der Waals surface area contributed by atoms with Crippen molar-refractivity contribution in [2.45, 2.75) is 0 Å². The second-order valence-corrected chi connectivity index (χ2v) is 3.98. The molecule has 0 unspecified atom stereocenters. The zero-order chi connectivity index (χ0) is 15.6. The van der Waals surface area contributed by atoms with E-state index in [1.165, 1.54) is 12.1 Å². The largest absolute Gasteiger partial charge is 0.321 e. The SMILES string of the molecule is N#Cc1c(F)cccc1NC(=O)c1cc(F)c(F)c(F)c1. The summed E-state index contributed by atoms with van der Waals surface area (Å²) in [5.41, 5.74) is -1.08. The van der Waals surface area contributed by atoms with Crippen LogP contribution >= 0.6 is 0 Å². The fourth-order valence-corrected chi connectivity index (χ4v) is 1.62. The van der Waals surface area contributed by atoms with Gasteiger partial charge in [-0.3, -0.25) is 4.79 Å². The average Bonchev–Trinajstić information content (AvgIpc) is 2.44. The number of benzene rings is 2. The van der Waals surface area contributed by atoms with Crippen LogP contribution in [0.5, 0.6) is 0 Å². The van der Waals surface area contributed by atoms with Crippen molar-refractivity contribution in [3.05, 3.63) is 64.7 Å². The predicted octanol–water partition coefficient (Wildman–Crippen LogP) is 3.37. The van der Waals surface area contributed by atoms with Gasteiger partial charge in [0.25, 0.3) is 5.91 Å². The Morgan fingerprint density at radius 1 is 1.05 bits per heavy atom. The Bertz CT molecular complexity index is 745. The van der Waals surface area contributed by atoms with Crippen LogP contribution in [-0.4, -0.2) is 5.91 Å². The van der Waals surface area contributed by atoms with Gasteiger partial charge in [-0.1, -0.05) is 6.07 Å². The van der Waals surface area contributed by atoms with Gasteiger partial charge in [0.2, 0.25) is 0 Å². The number of nitriles is 1. The summed E-state index contributed by atoms with van der Waals surface area (Å²) < 4.78 is 52.2. The predicted molar refractivity (Wildman–Crippen MR) is 65.4 cm³/mol. The van der Waals surface area contributed by atoms with Crippen molar-refractivity contribution in [3.8, 4) is 6.07 Å². The maximum absolute atomic E-state index is 13.3. The third-order valence-electron chi connectivity index (χ3n) is 2.62. The molecule has 2 rings (SSSR count). The van der Waals surface area contributed by atoms with E-state index in [1.807, 2.05) is 0 Å². The van der Waals surface area contributed by atoms with Gasteiger partial charge in [0.15, 0.2) is 17.5 Å². The summed E-state index contributed by atoms with van der Waals surface area (Å²) in [6, 6.07) is 6.07. The number of carbonyl (C=O) groups is 1. The van der Waals surface area contributed by atoms with Gasteiger partial charge in [-0.15, -0.1) is 0 Å². The standard InChI is InChI=1S/C14H6F4N2O/c15-9-2-1-3-12(8(9)6-19)20-14(21)7-4-10(16)13(18)11(17)5-7/h1-5H,(H,20,21). The van der Waals surface area contributed by atoms with Crippen molar-refractivity contribution in [1.29, 1.82) is 5.26 Å². The van der Waals surface area contributed by atoms with Crippen LogP contribution in [0.3, 0.4) is 0 Å². The molecule has 0 aliphatic carbocycles. The van der Waals surface area contributed by atoms with Crippen molar-refractivity contribution in [3.63, 3.8) is 0 Å². The highest BCUT2D eigenvalue weighted by Crippen LogP contribution is 2.20. The number of anilines is 1. The zero-order valence-corrected chi connectivity index (χ0v) is 10.3. The van der Waals surface area contributed by atoms with Gasteiger partial charge in [0, 0.05) is 5.56 Å². The second-order valence-electron chi connectivity index (χ2n) is 3.98. The first-order valence-corrected chi connectivity index (χ1v) is 5.58. The van der Waals surface area contributed by atoms with Gasteiger partial charge in [-0.05, 0) is 24.3 Å². The maximum Gasteiger partial charge on any atom is 0.255 e. The third kappa shape index (κ3) is 2.84. The molecule has 1 amide bonds. The molecule has 0 aromatic heterocycles. The zero-order valence-electron chi connectivity index (χ0n) is 10.3.